The van der Waals surface area contributed by atoms with Crippen molar-refractivity contribution in [2.45, 2.75) is 0 Å². The van der Waals surface area contributed by atoms with Gasteiger partial charge in [0.25, 0.3) is 0 Å². The van der Waals surface area contributed by atoms with Gasteiger partial charge in [0.15, 0.2) is 11.9 Å². The molecule has 1 aromatic carbocycles. The molecule has 1 aliphatic rings. The Morgan fingerprint density at radius 3 is 2.38 bits per heavy atom. The van der Waals surface area contributed by atoms with Crippen molar-refractivity contribution in [1.29, 1.82) is 0 Å². The summed E-state index contributed by atoms with van der Waals surface area (Å²) in [5, 5.41) is 0. The van der Waals surface area contributed by atoms with Gasteiger partial charge in [0.1, 0.15) is 17.5 Å². The number of benzene rings is 1. The highest BCUT2D eigenvalue weighted by Crippen LogP contribution is 2.21. The first-order valence-electron chi connectivity index (χ1n) is 8.08. The fraction of sp³-hybridized carbons (Fsp3) is 0.278. The highest BCUT2D eigenvalue weighted by atomic mass is 16.1. The molecule has 0 N–H and O–H groups in total. The molecule has 3 heterocycles. The van der Waals surface area contributed by atoms with Crippen LogP contribution in [0.3, 0.4) is 0 Å². The summed E-state index contributed by atoms with van der Waals surface area (Å²) in [6.45, 7) is 4.28. The second-order valence-electron chi connectivity index (χ2n) is 6.12. The fourth-order valence-electron chi connectivity index (χ4n) is 3.05. The summed E-state index contributed by atoms with van der Waals surface area (Å²) in [6.07, 6.45) is 2.50. The van der Waals surface area contributed by atoms with Gasteiger partial charge in [-0.1, -0.05) is 0 Å². The molecule has 6 nitrogen and oxygen atoms in total. The summed E-state index contributed by atoms with van der Waals surface area (Å²) in [6, 6.07) is 11.9. The summed E-state index contributed by atoms with van der Waals surface area (Å²) in [4.78, 5) is 24.4. The Kier molecular flexibility index (Phi) is 3.74. The van der Waals surface area contributed by atoms with Crippen molar-refractivity contribution >= 4 is 23.1 Å². The third-order valence-corrected chi connectivity index (χ3v) is 4.53. The number of imidazole rings is 1. The van der Waals surface area contributed by atoms with Crippen LogP contribution in [0.25, 0.3) is 16.9 Å². The number of rotatable bonds is 3. The fourth-order valence-corrected chi connectivity index (χ4v) is 3.05. The molecule has 1 saturated heterocycles. The van der Waals surface area contributed by atoms with Crippen LogP contribution < -0.4 is 4.90 Å². The Bertz CT molecular complexity index is 863. The van der Waals surface area contributed by atoms with E-state index in [0.717, 1.165) is 43.7 Å². The van der Waals surface area contributed by atoms with Gasteiger partial charge in [-0.15, -0.1) is 0 Å². The molecular formula is C18H19N5O. The first-order chi connectivity index (χ1) is 11.7. The Morgan fingerprint density at radius 2 is 1.67 bits per heavy atom. The summed E-state index contributed by atoms with van der Waals surface area (Å²) in [5.74, 6) is 0. The minimum absolute atomic E-state index is 0.415. The molecular weight excluding hydrogens is 302 g/mol. The van der Waals surface area contributed by atoms with E-state index in [1.807, 2.05) is 10.6 Å². The van der Waals surface area contributed by atoms with E-state index < -0.39 is 0 Å². The molecule has 0 bridgehead atoms. The molecule has 6 heteroatoms. The van der Waals surface area contributed by atoms with E-state index in [1.54, 1.807) is 12.4 Å². The van der Waals surface area contributed by atoms with Gasteiger partial charge in [-0.3, -0.25) is 9.36 Å². The molecule has 0 aliphatic carbocycles. The third kappa shape index (κ3) is 2.65. The number of aldehydes is 1. The monoisotopic (exact) mass is 321 g/mol. The van der Waals surface area contributed by atoms with Crippen LogP contribution in [0, 0.1) is 0 Å². The van der Waals surface area contributed by atoms with Crippen LogP contribution in [0.15, 0.2) is 42.7 Å². The number of carbonyl (C=O) groups excluding carboxylic acids is 1. The number of nitrogens with zero attached hydrogens (tertiary/aromatic N) is 5. The maximum atomic E-state index is 11.0. The molecule has 3 aromatic rings. The van der Waals surface area contributed by atoms with Crippen molar-refractivity contribution in [3.05, 3.63) is 48.4 Å². The number of pyridine rings is 1. The number of hydrogen-bond donors (Lipinski definition) is 0. The van der Waals surface area contributed by atoms with Gasteiger partial charge < -0.3 is 9.80 Å². The molecule has 2 aromatic heterocycles. The summed E-state index contributed by atoms with van der Waals surface area (Å²) in [5.41, 5.74) is 4.12. The zero-order valence-corrected chi connectivity index (χ0v) is 13.6. The van der Waals surface area contributed by atoms with Crippen LogP contribution in [0.4, 0.5) is 5.69 Å². The number of carbonyl (C=O) groups is 1. The highest BCUT2D eigenvalue weighted by Gasteiger charge is 2.14. The van der Waals surface area contributed by atoms with Crippen molar-refractivity contribution in [2.24, 2.45) is 0 Å². The number of piperazine rings is 1. The average molecular weight is 321 g/mol. The number of anilines is 1. The topological polar surface area (TPSA) is 54.3 Å². The largest absolute Gasteiger partial charge is 0.369 e. The lowest BCUT2D eigenvalue weighted by Crippen LogP contribution is -2.44. The highest BCUT2D eigenvalue weighted by molar-refractivity contribution is 5.80. The number of likely N-dealkylation sites (N-methyl/N-ethyl adjacent to an activating group) is 1. The normalized spacial score (nSPS) is 15.8. The van der Waals surface area contributed by atoms with Crippen LogP contribution in [-0.4, -0.2) is 58.9 Å². The Hall–Kier alpha value is -2.73. The zero-order valence-electron chi connectivity index (χ0n) is 13.6. The second-order valence-corrected chi connectivity index (χ2v) is 6.12. The minimum atomic E-state index is 0.415. The molecule has 4 rings (SSSR count). The number of fused-ring (bicyclic) bond motifs is 1. The molecule has 0 amide bonds. The second kappa shape index (κ2) is 6.05. The van der Waals surface area contributed by atoms with Gasteiger partial charge in [0.05, 0.1) is 0 Å². The summed E-state index contributed by atoms with van der Waals surface area (Å²) < 4.78 is 1.91. The van der Waals surface area contributed by atoms with Crippen LogP contribution in [0.1, 0.15) is 10.5 Å². The van der Waals surface area contributed by atoms with Crippen molar-refractivity contribution in [1.82, 2.24) is 19.4 Å². The maximum Gasteiger partial charge on any atom is 0.168 e. The number of hydrogen-bond acceptors (Lipinski definition) is 5. The molecule has 0 unspecified atom stereocenters. The molecule has 0 atom stereocenters. The van der Waals surface area contributed by atoms with E-state index in [4.69, 9.17) is 0 Å². The maximum absolute atomic E-state index is 11.0. The van der Waals surface area contributed by atoms with Crippen LogP contribution in [0.2, 0.25) is 0 Å². The van der Waals surface area contributed by atoms with Gasteiger partial charge in [-0.25, -0.2) is 9.97 Å². The predicted octanol–water partition coefficient (Wildman–Crippen LogP) is 1.98. The van der Waals surface area contributed by atoms with Crippen molar-refractivity contribution in [3.8, 4) is 5.69 Å². The Balaban J connectivity index is 1.64. The lowest BCUT2D eigenvalue weighted by Gasteiger charge is -2.34. The van der Waals surface area contributed by atoms with Gasteiger partial charge >= 0.3 is 0 Å². The first-order valence-corrected chi connectivity index (χ1v) is 8.08. The van der Waals surface area contributed by atoms with E-state index in [2.05, 4.69) is 51.1 Å². The van der Waals surface area contributed by atoms with Crippen LogP contribution in [0.5, 0.6) is 0 Å². The van der Waals surface area contributed by atoms with Crippen molar-refractivity contribution < 1.29 is 4.79 Å². The first kappa shape index (κ1) is 14.8. The predicted molar refractivity (Wildman–Crippen MR) is 94.0 cm³/mol. The van der Waals surface area contributed by atoms with E-state index in [9.17, 15) is 4.79 Å². The molecule has 122 valence electrons. The zero-order chi connectivity index (χ0) is 16.5. The van der Waals surface area contributed by atoms with Gasteiger partial charge in [0, 0.05) is 37.6 Å². The van der Waals surface area contributed by atoms with E-state index >= 15 is 0 Å². The molecule has 24 heavy (non-hydrogen) atoms. The van der Waals surface area contributed by atoms with Gasteiger partial charge in [-0.2, -0.15) is 0 Å². The van der Waals surface area contributed by atoms with Crippen molar-refractivity contribution in [2.75, 3.05) is 38.1 Å². The standard InChI is InChI=1S/C18H19N5O/c1-21-8-10-22(11-9-21)15-3-5-16(6-4-15)23-13-19-17-7-2-14(12-24)20-18(17)23/h2-7,12-13H,8-11H2,1H3. The quantitative estimate of drug-likeness (QED) is 0.691. The van der Waals surface area contributed by atoms with Crippen molar-refractivity contribution in [3.63, 3.8) is 0 Å². The van der Waals surface area contributed by atoms with Crippen LogP contribution in [-0.2, 0) is 0 Å². The minimum Gasteiger partial charge on any atom is -0.369 e. The Labute approximate surface area is 140 Å². The lowest BCUT2D eigenvalue weighted by atomic mass is 10.2. The Morgan fingerprint density at radius 1 is 0.958 bits per heavy atom. The number of aromatic nitrogens is 3. The SMILES string of the molecule is CN1CCN(c2ccc(-n3cnc4ccc(C=O)nc43)cc2)CC1. The average Bonchev–Trinajstić information content (AvgIpc) is 3.05. The van der Waals surface area contributed by atoms with E-state index in [-0.39, 0.29) is 0 Å². The summed E-state index contributed by atoms with van der Waals surface area (Å²) >= 11 is 0. The smallest absolute Gasteiger partial charge is 0.168 e. The molecule has 1 aliphatic heterocycles. The summed E-state index contributed by atoms with van der Waals surface area (Å²) in [7, 11) is 2.16. The third-order valence-electron chi connectivity index (χ3n) is 4.53. The van der Waals surface area contributed by atoms with Gasteiger partial charge in [0.2, 0.25) is 0 Å². The molecule has 0 spiro atoms. The van der Waals surface area contributed by atoms with Gasteiger partial charge in [-0.05, 0) is 43.4 Å². The molecule has 0 radical (unpaired) electrons. The van der Waals surface area contributed by atoms with E-state index in [0.29, 0.717) is 11.3 Å². The molecule has 0 saturated carbocycles. The molecule has 1 fully saturated rings. The lowest BCUT2D eigenvalue weighted by molar-refractivity contribution is 0.111. The van der Waals surface area contributed by atoms with Crippen LogP contribution >= 0.6 is 0 Å². The van der Waals surface area contributed by atoms with E-state index in [1.165, 1.54) is 5.69 Å².